The van der Waals surface area contributed by atoms with Gasteiger partial charge < -0.3 is 4.98 Å². The molecule has 1 unspecified atom stereocenters. The molecule has 1 fully saturated rings. The monoisotopic (exact) mass is 266 g/mol. The maximum atomic E-state index is 11.8. The Morgan fingerprint density at radius 1 is 1.33 bits per heavy atom. The van der Waals surface area contributed by atoms with Gasteiger partial charge in [0.1, 0.15) is 0 Å². The standard InChI is InChI=1S/C12H14N2O3S/c15-12-13-10-5-1-2-6-11(10)14(12)8-9-4-3-7-18(9,16)17/h1-2,5-6,9H,3-4,7-8H2,(H,13,15). The molecule has 5 nitrogen and oxygen atoms in total. The van der Waals surface area contributed by atoms with Gasteiger partial charge in [-0.05, 0) is 25.0 Å². The number of benzene rings is 1. The number of fused-ring (bicyclic) bond motifs is 1. The SMILES string of the molecule is O=c1[nH]c2ccccc2n1CC1CCCS1(=O)=O. The molecular weight excluding hydrogens is 252 g/mol. The molecule has 0 radical (unpaired) electrons. The maximum absolute atomic E-state index is 11.8. The van der Waals surface area contributed by atoms with E-state index in [2.05, 4.69) is 4.98 Å². The fourth-order valence-corrected chi connectivity index (χ4v) is 4.36. The van der Waals surface area contributed by atoms with Gasteiger partial charge in [0.25, 0.3) is 0 Å². The van der Waals surface area contributed by atoms with Crippen molar-refractivity contribution in [3.63, 3.8) is 0 Å². The molecule has 18 heavy (non-hydrogen) atoms. The number of sulfone groups is 1. The fraction of sp³-hybridized carbons (Fsp3) is 0.417. The van der Waals surface area contributed by atoms with E-state index in [9.17, 15) is 13.2 Å². The van der Waals surface area contributed by atoms with E-state index >= 15 is 0 Å². The average molecular weight is 266 g/mol. The Labute approximate surface area is 104 Å². The van der Waals surface area contributed by atoms with Crippen LogP contribution in [0, 0.1) is 0 Å². The number of hydrogen-bond donors (Lipinski definition) is 1. The quantitative estimate of drug-likeness (QED) is 0.878. The summed E-state index contributed by atoms with van der Waals surface area (Å²) in [6.45, 7) is 0.255. The van der Waals surface area contributed by atoms with Crippen molar-refractivity contribution < 1.29 is 8.42 Å². The van der Waals surface area contributed by atoms with Crippen LogP contribution in [-0.2, 0) is 16.4 Å². The third-order valence-corrected chi connectivity index (χ3v) is 5.79. The normalized spacial score (nSPS) is 22.6. The molecule has 1 aliphatic rings. The van der Waals surface area contributed by atoms with Crippen molar-refractivity contribution in [3.05, 3.63) is 34.7 Å². The minimum absolute atomic E-state index is 0.238. The first kappa shape index (κ1) is 11.5. The third kappa shape index (κ3) is 1.77. The summed E-state index contributed by atoms with van der Waals surface area (Å²) in [5.74, 6) is 0.245. The van der Waals surface area contributed by atoms with Crippen molar-refractivity contribution >= 4 is 20.9 Å². The molecule has 3 rings (SSSR count). The summed E-state index contributed by atoms with van der Waals surface area (Å²) in [5.41, 5.74) is 1.28. The minimum Gasteiger partial charge on any atom is -0.306 e. The van der Waals surface area contributed by atoms with E-state index in [0.717, 1.165) is 11.0 Å². The highest BCUT2D eigenvalue weighted by Gasteiger charge is 2.32. The summed E-state index contributed by atoms with van der Waals surface area (Å²) in [6.07, 6.45) is 1.35. The van der Waals surface area contributed by atoms with E-state index in [4.69, 9.17) is 0 Å². The Morgan fingerprint density at radius 2 is 2.11 bits per heavy atom. The van der Waals surface area contributed by atoms with E-state index in [1.54, 1.807) is 0 Å². The van der Waals surface area contributed by atoms with Gasteiger partial charge in [-0.3, -0.25) is 4.57 Å². The Balaban J connectivity index is 2.05. The molecule has 0 saturated carbocycles. The van der Waals surface area contributed by atoms with E-state index in [0.29, 0.717) is 12.8 Å². The van der Waals surface area contributed by atoms with Crippen LogP contribution in [0.15, 0.2) is 29.1 Å². The lowest BCUT2D eigenvalue weighted by atomic mass is 10.2. The summed E-state index contributed by atoms with van der Waals surface area (Å²) in [6, 6.07) is 7.33. The molecule has 0 aliphatic carbocycles. The van der Waals surface area contributed by atoms with E-state index in [1.807, 2.05) is 24.3 Å². The molecule has 0 bridgehead atoms. The van der Waals surface area contributed by atoms with Crippen molar-refractivity contribution in [3.8, 4) is 0 Å². The van der Waals surface area contributed by atoms with Gasteiger partial charge in [0, 0.05) is 6.54 Å². The third-order valence-electron chi connectivity index (χ3n) is 3.53. The molecule has 0 amide bonds. The molecule has 1 saturated heterocycles. The summed E-state index contributed by atoms with van der Waals surface area (Å²) in [5, 5.41) is -0.422. The number of aromatic amines is 1. The molecule has 1 aliphatic heterocycles. The number of aromatic nitrogens is 2. The highest BCUT2D eigenvalue weighted by atomic mass is 32.2. The van der Waals surface area contributed by atoms with Crippen LogP contribution in [0.25, 0.3) is 11.0 Å². The van der Waals surface area contributed by atoms with Crippen molar-refractivity contribution in [2.24, 2.45) is 0 Å². The fourth-order valence-electron chi connectivity index (χ4n) is 2.55. The highest BCUT2D eigenvalue weighted by molar-refractivity contribution is 7.92. The summed E-state index contributed by atoms with van der Waals surface area (Å²) >= 11 is 0. The Morgan fingerprint density at radius 3 is 2.83 bits per heavy atom. The van der Waals surface area contributed by atoms with Crippen LogP contribution in [-0.4, -0.2) is 29.0 Å². The predicted molar refractivity (Wildman–Crippen MR) is 69.4 cm³/mol. The number of rotatable bonds is 2. The number of H-pyrrole nitrogens is 1. The molecule has 1 N–H and O–H groups in total. The summed E-state index contributed by atoms with van der Waals surface area (Å²) in [7, 11) is -3.02. The smallest absolute Gasteiger partial charge is 0.306 e. The van der Waals surface area contributed by atoms with E-state index in [1.165, 1.54) is 4.57 Å². The zero-order valence-corrected chi connectivity index (χ0v) is 10.6. The molecule has 1 aromatic heterocycles. The van der Waals surface area contributed by atoms with Crippen LogP contribution >= 0.6 is 0 Å². The van der Waals surface area contributed by atoms with Crippen LogP contribution in [0.5, 0.6) is 0 Å². The van der Waals surface area contributed by atoms with Crippen molar-refractivity contribution in [1.82, 2.24) is 9.55 Å². The van der Waals surface area contributed by atoms with Crippen LogP contribution in [0.1, 0.15) is 12.8 Å². The largest absolute Gasteiger partial charge is 0.326 e. The Bertz CT molecular complexity index is 742. The zero-order valence-electron chi connectivity index (χ0n) is 9.80. The highest BCUT2D eigenvalue weighted by Crippen LogP contribution is 2.22. The molecule has 6 heteroatoms. The lowest BCUT2D eigenvalue weighted by Crippen LogP contribution is -2.27. The first-order valence-electron chi connectivity index (χ1n) is 5.97. The second-order valence-electron chi connectivity index (χ2n) is 4.69. The first-order valence-corrected chi connectivity index (χ1v) is 7.68. The topological polar surface area (TPSA) is 71.9 Å². The van der Waals surface area contributed by atoms with Crippen molar-refractivity contribution in [1.29, 1.82) is 0 Å². The van der Waals surface area contributed by atoms with Gasteiger partial charge >= 0.3 is 5.69 Å². The molecule has 2 heterocycles. The van der Waals surface area contributed by atoms with Gasteiger partial charge in [0.05, 0.1) is 22.0 Å². The van der Waals surface area contributed by atoms with Crippen LogP contribution < -0.4 is 5.69 Å². The zero-order chi connectivity index (χ0) is 12.8. The lowest BCUT2D eigenvalue weighted by Gasteiger charge is -2.10. The summed E-state index contributed by atoms with van der Waals surface area (Å²) in [4.78, 5) is 14.6. The average Bonchev–Trinajstić information content (AvgIpc) is 2.81. The maximum Gasteiger partial charge on any atom is 0.326 e. The number of para-hydroxylation sites is 2. The molecule has 96 valence electrons. The number of imidazole rings is 1. The van der Waals surface area contributed by atoms with Crippen molar-refractivity contribution in [2.75, 3.05) is 5.75 Å². The van der Waals surface area contributed by atoms with Crippen LogP contribution in [0.2, 0.25) is 0 Å². The van der Waals surface area contributed by atoms with Crippen LogP contribution in [0.3, 0.4) is 0 Å². The Kier molecular flexibility index (Phi) is 2.55. The summed E-state index contributed by atoms with van der Waals surface area (Å²) < 4.78 is 25.2. The van der Waals surface area contributed by atoms with Gasteiger partial charge in [-0.25, -0.2) is 13.2 Å². The molecule has 1 aromatic carbocycles. The van der Waals surface area contributed by atoms with Crippen molar-refractivity contribution in [2.45, 2.75) is 24.6 Å². The molecule has 2 aromatic rings. The second-order valence-corrected chi connectivity index (χ2v) is 7.09. The first-order chi connectivity index (χ1) is 8.58. The molecule has 0 spiro atoms. The Hall–Kier alpha value is -1.56. The molecule has 1 atom stereocenters. The van der Waals surface area contributed by atoms with E-state index < -0.39 is 15.1 Å². The van der Waals surface area contributed by atoms with Gasteiger partial charge in [0.2, 0.25) is 0 Å². The van der Waals surface area contributed by atoms with Crippen LogP contribution in [0.4, 0.5) is 0 Å². The van der Waals surface area contributed by atoms with Gasteiger partial charge in [-0.2, -0.15) is 0 Å². The molecular formula is C12H14N2O3S. The van der Waals surface area contributed by atoms with Gasteiger partial charge in [0.15, 0.2) is 9.84 Å². The van der Waals surface area contributed by atoms with E-state index in [-0.39, 0.29) is 18.0 Å². The number of nitrogens with one attached hydrogen (secondary N) is 1. The number of nitrogens with zero attached hydrogens (tertiary/aromatic N) is 1. The lowest BCUT2D eigenvalue weighted by molar-refractivity contribution is 0.565. The van der Waals surface area contributed by atoms with Gasteiger partial charge in [-0.1, -0.05) is 12.1 Å². The minimum atomic E-state index is -3.02. The predicted octanol–water partition coefficient (Wildman–Crippen LogP) is 0.907. The number of hydrogen-bond acceptors (Lipinski definition) is 3. The van der Waals surface area contributed by atoms with Gasteiger partial charge in [-0.15, -0.1) is 0 Å². The second kappa shape index (κ2) is 3.98.